The summed E-state index contributed by atoms with van der Waals surface area (Å²) in [6, 6.07) is 18.6. The number of primary amides is 1. The number of aryl methyl sites for hydroxylation is 1. The zero-order valence-corrected chi connectivity index (χ0v) is 18.5. The first kappa shape index (κ1) is 24.6. The van der Waals surface area contributed by atoms with Gasteiger partial charge in [-0.05, 0) is 60.0 Å². The molecule has 0 saturated heterocycles. The van der Waals surface area contributed by atoms with Crippen molar-refractivity contribution < 1.29 is 9.59 Å². The number of carbonyl (C=O) groups is 2. The normalized spacial score (nSPS) is 11.1. The van der Waals surface area contributed by atoms with E-state index in [2.05, 4.69) is 15.6 Å². The third-order valence-corrected chi connectivity index (χ3v) is 4.70. The standard InChI is InChI=1S/C19H24N4O2.C6H7N/c1-2-22-12-18(24)23-17(19(21)25)11-13-3-5-14(6-4-13)15-7-9-16(20)10-8-15;1-6-2-4-7-5-3-6/h3-10,17,22H,2,11-12,20H2,1H3,(H2,21,25)(H,23,24);2-5H,1H3/t17-;/m1./s1. The second-order valence-corrected chi connectivity index (χ2v) is 7.35. The van der Waals surface area contributed by atoms with Crippen molar-refractivity contribution in [3.63, 3.8) is 0 Å². The lowest BCUT2D eigenvalue weighted by molar-refractivity contribution is -0.126. The highest BCUT2D eigenvalue weighted by atomic mass is 16.2. The van der Waals surface area contributed by atoms with Crippen LogP contribution in [0.5, 0.6) is 0 Å². The van der Waals surface area contributed by atoms with Gasteiger partial charge in [0.15, 0.2) is 0 Å². The molecule has 2 amide bonds. The van der Waals surface area contributed by atoms with E-state index in [0.29, 0.717) is 13.0 Å². The number of pyridine rings is 1. The molecule has 0 aliphatic carbocycles. The zero-order valence-electron chi connectivity index (χ0n) is 18.5. The number of nitrogens with zero attached hydrogens (tertiary/aromatic N) is 1. The van der Waals surface area contributed by atoms with E-state index in [0.717, 1.165) is 22.4 Å². The lowest BCUT2D eigenvalue weighted by Crippen LogP contribution is -2.48. The van der Waals surface area contributed by atoms with E-state index < -0.39 is 11.9 Å². The zero-order chi connectivity index (χ0) is 23.3. The predicted octanol–water partition coefficient (Wildman–Crippen LogP) is 2.45. The van der Waals surface area contributed by atoms with E-state index in [-0.39, 0.29) is 12.5 Å². The molecule has 7 heteroatoms. The number of likely N-dealkylation sites (N-methyl/N-ethyl adjacent to an activating group) is 1. The van der Waals surface area contributed by atoms with E-state index >= 15 is 0 Å². The molecule has 3 rings (SSSR count). The number of benzene rings is 2. The van der Waals surface area contributed by atoms with Gasteiger partial charge < -0.3 is 22.1 Å². The second-order valence-electron chi connectivity index (χ2n) is 7.35. The summed E-state index contributed by atoms with van der Waals surface area (Å²) in [5.74, 6) is -0.795. The van der Waals surface area contributed by atoms with Crippen molar-refractivity contribution in [2.75, 3.05) is 18.8 Å². The van der Waals surface area contributed by atoms with Gasteiger partial charge in [-0.25, -0.2) is 0 Å². The number of amides is 2. The van der Waals surface area contributed by atoms with Crippen molar-refractivity contribution >= 4 is 17.5 Å². The Labute approximate surface area is 189 Å². The molecule has 7 nitrogen and oxygen atoms in total. The molecule has 1 heterocycles. The highest BCUT2D eigenvalue weighted by molar-refractivity contribution is 5.87. The Kier molecular flexibility index (Phi) is 9.87. The molecule has 1 aromatic heterocycles. The Bertz CT molecular complexity index is 973. The van der Waals surface area contributed by atoms with Crippen LogP contribution in [0.15, 0.2) is 73.1 Å². The Morgan fingerprint density at radius 2 is 1.50 bits per heavy atom. The Hall–Kier alpha value is -3.71. The molecule has 1 atom stereocenters. The van der Waals surface area contributed by atoms with Crippen molar-refractivity contribution in [2.24, 2.45) is 5.73 Å². The Morgan fingerprint density at radius 3 is 1.97 bits per heavy atom. The minimum absolute atomic E-state index is 0.163. The summed E-state index contributed by atoms with van der Waals surface area (Å²) in [7, 11) is 0. The monoisotopic (exact) mass is 433 g/mol. The van der Waals surface area contributed by atoms with Gasteiger partial charge in [-0.15, -0.1) is 0 Å². The molecule has 0 spiro atoms. The summed E-state index contributed by atoms with van der Waals surface area (Å²) >= 11 is 0. The number of rotatable bonds is 8. The first-order chi connectivity index (χ1) is 15.4. The minimum atomic E-state index is -0.728. The number of aromatic nitrogens is 1. The molecule has 6 N–H and O–H groups in total. The molecule has 0 radical (unpaired) electrons. The predicted molar refractivity (Wildman–Crippen MR) is 129 cm³/mol. The van der Waals surface area contributed by atoms with Crippen molar-refractivity contribution in [1.29, 1.82) is 0 Å². The molecule has 0 aliphatic heterocycles. The van der Waals surface area contributed by atoms with E-state index in [1.165, 1.54) is 5.56 Å². The number of carbonyl (C=O) groups excluding carboxylic acids is 2. The molecular weight excluding hydrogens is 402 g/mol. The van der Waals surface area contributed by atoms with Crippen LogP contribution in [-0.4, -0.2) is 35.9 Å². The topological polar surface area (TPSA) is 123 Å². The fourth-order valence-electron chi connectivity index (χ4n) is 2.88. The Balaban J connectivity index is 0.000000439. The van der Waals surface area contributed by atoms with Crippen molar-refractivity contribution in [3.8, 4) is 11.1 Å². The van der Waals surface area contributed by atoms with Crippen LogP contribution < -0.4 is 22.1 Å². The largest absolute Gasteiger partial charge is 0.399 e. The third kappa shape index (κ3) is 8.57. The molecule has 0 unspecified atom stereocenters. The fourth-order valence-corrected chi connectivity index (χ4v) is 2.88. The van der Waals surface area contributed by atoms with Crippen LogP contribution in [0.3, 0.4) is 0 Å². The van der Waals surface area contributed by atoms with Gasteiger partial charge in [0.05, 0.1) is 6.54 Å². The third-order valence-electron chi connectivity index (χ3n) is 4.70. The van der Waals surface area contributed by atoms with Gasteiger partial charge in [-0.2, -0.15) is 0 Å². The van der Waals surface area contributed by atoms with Gasteiger partial charge >= 0.3 is 0 Å². The number of hydrogen-bond donors (Lipinski definition) is 4. The number of anilines is 1. The average Bonchev–Trinajstić information content (AvgIpc) is 2.79. The molecule has 2 aromatic carbocycles. The van der Waals surface area contributed by atoms with E-state index in [9.17, 15) is 9.59 Å². The molecule has 3 aromatic rings. The maximum Gasteiger partial charge on any atom is 0.240 e. The van der Waals surface area contributed by atoms with E-state index in [4.69, 9.17) is 11.5 Å². The smallest absolute Gasteiger partial charge is 0.240 e. The van der Waals surface area contributed by atoms with Gasteiger partial charge in [-0.1, -0.05) is 43.3 Å². The Morgan fingerprint density at radius 1 is 0.938 bits per heavy atom. The summed E-state index contributed by atoms with van der Waals surface area (Å²) in [6.07, 6.45) is 3.93. The lowest BCUT2D eigenvalue weighted by atomic mass is 10.00. The first-order valence-electron chi connectivity index (χ1n) is 10.5. The van der Waals surface area contributed by atoms with Crippen molar-refractivity contribution in [1.82, 2.24) is 15.6 Å². The number of nitrogens with two attached hydrogens (primary N) is 2. The van der Waals surface area contributed by atoms with Crippen LogP contribution >= 0.6 is 0 Å². The van der Waals surface area contributed by atoms with Gasteiger partial charge in [-0.3, -0.25) is 14.6 Å². The minimum Gasteiger partial charge on any atom is -0.399 e. The van der Waals surface area contributed by atoms with E-state index in [1.807, 2.05) is 74.5 Å². The van der Waals surface area contributed by atoms with Crippen LogP contribution in [0.2, 0.25) is 0 Å². The van der Waals surface area contributed by atoms with Crippen LogP contribution in [0.25, 0.3) is 11.1 Å². The van der Waals surface area contributed by atoms with Crippen LogP contribution in [0.1, 0.15) is 18.1 Å². The van der Waals surface area contributed by atoms with Crippen LogP contribution in [0.4, 0.5) is 5.69 Å². The van der Waals surface area contributed by atoms with Crippen LogP contribution in [0, 0.1) is 6.92 Å². The number of nitrogens with one attached hydrogen (secondary N) is 2. The molecule has 168 valence electrons. The summed E-state index contributed by atoms with van der Waals surface area (Å²) in [6.45, 7) is 4.79. The summed E-state index contributed by atoms with van der Waals surface area (Å²) in [5.41, 5.74) is 16.1. The van der Waals surface area contributed by atoms with Crippen LogP contribution in [-0.2, 0) is 16.0 Å². The first-order valence-corrected chi connectivity index (χ1v) is 10.5. The highest BCUT2D eigenvalue weighted by Crippen LogP contribution is 2.21. The molecule has 32 heavy (non-hydrogen) atoms. The fraction of sp³-hybridized carbons (Fsp3) is 0.240. The number of hydrogen-bond acceptors (Lipinski definition) is 5. The molecule has 0 bridgehead atoms. The summed E-state index contributed by atoms with van der Waals surface area (Å²) < 4.78 is 0. The number of nitrogen functional groups attached to an aromatic ring is 1. The highest BCUT2D eigenvalue weighted by Gasteiger charge is 2.18. The van der Waals surface area contributed by atoms with Gasteiger partial charge in [0.2, 0.25) is 11.8 Å². The van der Waals surface area contributed by atoms with Gasteiger partial charge in [0, 0.05) is 24.5 Å². The lowest BCUT2D eigenvalue weighted by Gasteiger charge is -2.16. The summed E-state index contributed by atoms with van der Waals surface area (Å²) in [4.78, 5) is 27.2. The van der Waals surface area contributed by atoms with E-state index in [1.54, 1.807) is 12.4 Å². The molecule has 0 fully saturated rings. The average molecular weight is 434 g/mol. The SMILES string of the molecule is CCNCC(=O)N[C@H](Cc1ccc(-c2ccc(N)cc2)cc1)C(N)=O.Cc1ccncc1. The maximum absolute atomic E-state index is 11.8. The summed E-state index contributed by atoms with van der Waals surface area (Å²) in [5, 5.41) is 5.58. The maximum atomic E-state index is 11.8. The van der Waals surface area contributed by atoms with Crippen molar-refractivity contribution in [3.05, 3.63) is 84.2 Å². The molecule has 0 aliphatic rings. The molecular formula is C25H31N5O2. The van der Waals surface area contributed by atoms with Gasteiger partial charge in [0.1, 0.15) is 6.04 Å². The van der Waals surface area contributed by atoms with Crippen molar-refractivity contribution in [2.45, 2.75) is 26.3 Å². The van der Waals surface area contributed by atoms with Gasteiger partial charge in [0.25, 0.3) is 0 Å². The quantitative estimate of drug-likeness (QED) is 0.406. The second kappa shape index (κ2) is 12.9. The molecule has 0 saturated carbocycles.